The summed E-state index contributed by atoms with van der Waals surface area (Å²) in [6.45, 7) is 9.55. The van der Waals surface area contributed by atoms with Gasteiger partial charge in [-0.15, -0.1) is 0 Å². The van der Waals surface area contributed by atoms with Crippen LogP contribution in [0.1, 0.15) is 79.1 Å². The predicted octanol–water partition coefficient (Wildman–Crippen LogP) is 5.95. The van der Waals surface area contributed by atoms with Crippen LogP contribution in [0.4, 0.5) is 0 Å². The number of hydrogen-bond donors (Lipinski definition) is 0. The summed E-state index contributed by atoms with van der Waals surface area (Å²) in [5.41, 5.74) is 0.583. The summed E-state index contributed by atoms with van der Waals surface area (Å²) >= 11 is 3.76. The molecule has 118 valence electrons. The van der Waals surface area contributed by atoms with Crippen molar-refractivity contribution in [1.82, 2.24) is 0 Å². The van der Waals surface area contributed by atoms with Gasteiger partial charge in [0.05, 0.1) is 11.7 Å². The highest BCUT2D eigenvalue weighted by Crippen LogP contribution is 2.44. The number of rotatable bonds is 4. The van der Waals surface area contributed by atoms with E-state index in [9.17, 15) is 0 Å². The quantitative estimate of drug-likeness (QED) is 0.572. The fourth-order valence-corrected chi connectivity index (χ4v) is 5.29. The summed E-state index contributed by atoms with van der Waals surface area (Å²) in [6, 6.07) is 0. The van der Waals surface area contributed by atoms with Crippen molar-refractivity contribution >= 4 is 15.9 Å². The average Bonchev–Trinajstić information content (AvgIpc) is 2.37. The Morgan fingerprint density at radius 3 is 2.30 bits per heavy atom. The Hall–Kier alpha value is 0.440. The molecule has 0 aromatic heterocycles. The Kier molecular flexibility index (Phi) is 5.62. The zero-order valence-corrected chi connectivity index (χ0v) is 15.5. The molecule has 0 saturated heterocycles. The molecule has 2 unspecified atom stereocenters. The van der Waals surface area contributed by atoms with E-state index in [1.54, 1.807) is 0 Å². The first kappa shape index (κ1) is 16.8. The van der Waals surface area contributed by atoms with Crippen LogP contribution >= 0.6 is 15.9 Å². The molecule has 0 aliphatic heterocycles. The molecule has 1 nitrogen and oxygen atoms in total. The van der Waals surface area contributed by atoms with E-state index in [1.165, 1.54) is 51.4 Å². The summed E-state index contributed by atoms with van der Waals surface area (Å²) in [5.74, 6) is 1.75. The van der Waals surface area contributed by atoms with Crippen LogP contribution in [0.3, 0.4) is 0 Å². The van der Waals surface area contributed by atoms with Crippen molar-refractivity contribution in [2.45, 2.75) is 90.8 Å². The first-order valence-corrected chi connectivity index (χ1v) is 9.74. The van der Waals surface area contributed by atoms with E-state index >= 15 is 0 Å². The summed E-state index contributed by atoms with van der Waals surface area (Å²) in [7, 11) is 0. The summed E-state index contributed by atoms with van der Waals surface area (Å²) in [6.07, 6.45) is 10.9. The Labute approximate surface area is 134 Å². The third kappa shape index (κ3) is 4.22. The van der Waals surface area contributed by atoms with Gasteiger partial charge in [0.25, 0.3) is 0 Å². The third-order valence-corrected chi connectivity index (χ3v) is 6.62. The van der Waals surface area contributed by atoms with Crippen molar-refractivity contribution in [1.29, 1.82) is 0 Å². The lowest BCUT2D eigenvalue weighted by Crippen LogP contribution is -2.45. The number of hydrogen-bond acceptors (Lipinski definition) is 1. The van der Waals surface area contributed by atoms with Crippen LogP contribution in [0, 0.1) is 17.3 Å². The minimum atomic E-state index is 0.128. The minimum absolute atomic E-state index is 0.128. The fraction of sp³-hybridized carbons (Fsp3) is 1.00. The molecule has 0 aromatic rings. The maximum atomic E-state index is 6.72. The van der Waals surface area contributed by atoms with Gasteiger partial charge in [0.2, 0.25) is 0 Å². The first-order valence-electron chi connectivity index (χ1n) is 8.62. The molecule has 2 aliphatic carbocycles. The molecule has 0 heterocycles. The highest BCUT2D eigenvalue weighted by Gasteiger charge is 2.40. The van der Waals surface area contributed by atoms with E-state index in [0.29, 0.717) is 11.5 Å². The van der Waals surface area contributed by atoms with Crippen LogP contribution in [0.25, 0.3) is 0 Å². The van der Waals surface area contributed by atoms with Crippen molar-refractivity contribution in [3.63, 3.8) is 0 Å². The van der Waals surface area contributed by atoms with Gasteiger partial charge in [-0.25, -0.2) is 0 Å². The van der Waals surface area contributed by atoms with Gasteiger partial charge < -0.3 is 4.74 Å². The van der Waals surface area contributed by atoms with Crippen LogP contribution in [0.5, 0.6) is 0 Å². The van der Waals surface area contributed by atoms with Gasteiger partial charge in [0, 0.05) is 5.33 Å². The molecule has 2 atom stereocenters. The second-order valence-electron chi connectivity index (χ2n) is 8.32. The minimum Gasteiger partial charge on any atom is -0.371 e. The molecular formula is C18H33BrO. The molecule has 0 amide bonds. The van der Waals surface area contributed by atoms with Crippen LogP contribution in [-0.2, 0) is 4.74 Å². The largest absolute Gasteiger partial charge is 0.371 e. The molecule has 0 spiro atoms. The van der Waals surface area contributed by atoms with E-state index in [1.807, 2.05) is 0 Å². The molecule has 0 N–H and O–H groups in total. The van der Waals surface area contributed by atoms with Crippen LogP contribution in [0.2, 0.25) is 0 Å². The maximum Gasteiger partial charge on any atom is 0.0782 e. The van der Waals surface area contributed by atoms with Crippen molar-refractivity contribution < 1.29 is 4.74 Å². The van der Waals surface area contributed by atoms with Crippen molar-refractivity contribution in [3.8, 4) is 0 Å². The van der Waals surface area contributed by atoms with Gasteiger partial charge in [0.1, 0.15) is 0 Å². The second kappa shape index (κ2) is 6.69. The van der Waals surface area contributed by atoms with E-state index in [4.69, 9.17) is 4.74 Å². The number of ether oxygens (including phenoxy) is 1. The smallest absolute Gasteiger partial charge is 0.0782 e. The zero-order chi connectivity index (χ0) is 14.8. The van der Waals surface area contributed by atoms with Crippen molar-refractivity contribution in [2.24, 2.45) is 17.3 Å². The maximum absolute atomic E-state index is 6.72. The number of alkyl halides is 1. The first-order chi connectivity index (χ1) is 9.38. The lowest BCUT2D eigenvalue weighted by Gasteiger charge is -2.46. The molecule has 0 radical (unpaired) electrons. The Morgan fingerprint density at radius 1 is 1.15 bits per heavy atom. The highest BCUT2D eigenvalue weighted by molar-refractivity contribution is 9.09. The van der Waals surface area contributed by atoms with Crippen LogP contribution in [0.15, 0.2) is 0 Å². The van der Waals surface area contributed by atoms with Gasteiger partial charge in [-0.1, -0.05) is 50.0 Å². The summed E-state index contributed by atoms with van der Waals surface area (Å²) < 4.78 is 6.72. The Morgan fingerprint density at radius 2 is 1.80 bits per heavy atom. The standard InChI is InChI=1S/C18H33BrO/c1-5-15-6-8-18(13-19,9-7-15)20-16-10-14(2)11-17(3,4)12-16/h14-16H,5-13H2,1-4H3. The topological polar surface area (TPSA) is 9.23 Å². The lowest BCUT2D eigenvalue weighted by atomic mass is 9.71. The van der Waals surface area contributed by atoms with Crippen LogP contribution < -0.4 is 0 Å². The van der Waals surface area contributed by atoms with Crippen molar-refractivity contribution in [2.75, 3.05) is 5.33 Å². The molecule has 2 aliphatic rings. The van der Waals surface area contributed by atoms with Gasteiger partial charge in [-0.05, 0) is 62.2 Å². The number of halogens is 1. The second-order valence-corrected chi connectivity index (χ2v) is 8.88. The molecule has 20 heavy (non-hydrogen) atoms. The van der Waals surface area contributed by atoms with Gasteiger partial charge in [0.15, 0.2) is 0 Å². The van der Waals surface area contributed by atoms with Crippen LogP contribution in [-0.4, -0.2) is 17.0 Å². The lowest BCUT2D eigenvalue weighted by molar-refractivity contribution is -0.133. The Balaban J connectivity index is 1.96. The fourth-order valence-electron chi connectivity index (χ4n) is 4.60. The van der Waals surface area contributed by atoms with E-state index in [2.05, 4.69) is 43.6 Å². The SMILES string of the molecule is CCC1CCC(CBr)(OC2CC(C)CC(C)(C)C2)CC1. The highest BCUT2D eigenvalue weighted by atomic mass is 79.9. The molecule has 2 fully saturated rings. The zero-order valence-electron chi connectivity index (χ0n) is 13.9. The molecule has 0 aromatic carbocycles. The third-order valence-electron chi connectivity index (χ3n) is 5.60. The normalized spacial score (nSPS) is 41.5. The molecular weight excluding hydrogens is 312 g/mol. The predicted molar refractivity (Wildman–Crippen MR) is 90.4 cm³/mol. The molecule has 0 bridgehead atoms. The summed E-state index contributed by atoms with van der Waals surface area (Å²) in [5, 5.41) is 1.02. The van der Waals surface area contributed by atoms with Crippen molar-refractivity contribution in [3.05, 3.63) is 0 Å². The van der Waals surface area contributed by atoms with E-state index in [-0.39, 0.29) is 5.60 Å². The Bertz CT molecular complexity index is 305. The average molecular weight is 345 g/mol. The molecule has 2 saturated carbocycles. The van der Waals surface area contributed by atoms with Gasteiger partial charge >= 0.3 is 0 Å². The molecule has 2 rings (SSSR count). The van der Waals surface area contributed by atoms with Gasteiger partial charge in [-0.3, -0.25) is 0 Å². The van der Waals surface area contributed by atoms with Gasteiger partial charge in [-0.2, -0.15) is 0 Å². The van der Waals surface area contributed by atoms with E-state index in [0.717, 1.165) is 17.2 Å². The monoisotopic (exact) mass is 344 g/mol. The molecule has 2 heteroatoms. The van der Waals surface area contributed by atoms with E-state index < -0.39 is 0 Å². The summed E-state index contributed by atoms with van der Waals surface area (Å²) in [4.78, 5) is 0.